The molecule has 0 fully saturated rings. The summed E-state index contributed by atoms with van der Waals surface area (Å²) in [5.74, 6) is -0.497. The Morgan fingerprint density at radius 1 is 1.18 bits per heavy atom. The van der Waals surface area contributed by atoms with Gasteiger partial charge in [-0.2, -0.15) is 0 Å². The minimum absolute atomic E-state index is 0.171. The van der Waals surface area contributed by atoms with Gasteiger partial charge in [0.15, 0.2) is 0 Å². The molecule has 2 aromatic rings. The lowest BCUT2D eigenvalue weighted by atomic mass is 10.2. The van der Waals surface area contributed by atoms with Crippen molar-refractivity contribution in [3.05, 3.63) is 60.2 Å². The molecule has 0 unspecified atom stereocenters. The lowest BCUT2D eigenvalue weighted by Gasteiger charge is -2.04. The molecule has 0 aliphatic carbocycles. The van der Waals surface area contributed by atoms with Gasteiger partial charge in [0.2, 0.25) is 5.91 Å². The number of aromatic nitrogens is 1. The molecule has 0 atom stereocenters. The van der Waals surface area contributed by atoms with Crippen molar-refractivity contribution in [1.29, 1.82) is 0 Å². The van der Waals surface area contributed by atoms with Crippen LogP contribution >= 0.6 is 0 Å². The first kappa shape index (κ1) is 11.3. The molecule has 1 aromatic heterocycles. The Morgan fingerprint density at radius 2 is 1.94 bits per heavy atom. The van der Waals surface area contributed by atoms with Crippen LogP contribution in [-0.2, 0) is 11.2 Å². The first-order valence-electron chi connectivity index (χ1n) is 5.19. The summed E-state index contributed by atoms with van der Waals surface area (Å²) in [6, 6.07) is 11.0. The largest absolute Gasteiger partial charge is 0.326 e. The third-order valence-electron chi connectivity index (χ3n) is 2.20. The molecule has 0 aliphatic heterocycles. The normalized spacial score (nSPS) is 9.94. The molecule has 1 heterocycles. The Kier molecular flexibility index (Phi) is 3.45. The molecule has 0 saturated carbocycles. The zero-order valence-corrected chi connectivity index (χ0v) is 9.06. The van der Waals surface area contributed by atoms with Crippen LogP contribution in [0.1, 0.15) is 5.69 Å². The summed E-state index contributed by atoms with van der Waals surface area (Å²) in [6.07, 6.45) is 1.85. The van der Waals surface area contributed by atoms with Crippen molar-refractivity contribution in [3.63, 3.8) is 0 Å². The number of nitrogens with one attached hydrogen (secondary N) is 1. The lowest BCUT2D eigenvalue weighted by Crippen LogP contribution is -2.14. The monoisotopic (exact) mass is 230 g/mol. The van der Waals surface area contributed by atoms with Crippen LogP contribution in [0.5, 0.6) is 0 Å². The van der Waals surface area contributed by atoms with Gasteiger partial charge >= 0.3 is 0 Å². The van der Waals surface area contributed by atoms with E-state index in [0.717, 1.165) is 0 Å². The van der Waals surface area contributed by atoms with Crippen molar-refractivity contribution < 1.29 is 9.18 Å². The van der Waals surface area contributed by atoms with Crippen LogP contribution in [0.25, 0.3) is 0 Å². The number of pyridine rings is 1. The van der Waals surface area contributed by atoms with Crippen LogP contribution in [0, 0.1) is 5.82 Å². The van der Waals surface area contributed by atoms with Crippen LogP contribution < -0.4 is 5.32 Å². The molecule has 0 radical (unpaired) electrons. The molecule has 0 saturated heterocycles. The minimum Gasteiger partial charge on any atom is -0.326 e. The summed E-state index contributed by atoms with van der Waals surface area (Å²) >= 11 is 0. The quantitative estimate of drug-likeness (QED) is 0.879. The van der Waals surface area contributed by atoms with Crippen LogP contribution in [0.4, 0.5) is 10.1 Å². The Bertz CT molecular complexity index is 497. The van der Waals surface area contributed by atoms with Gasteiger partial charge in [-0.25, -0.2) is 4.39 Å². The maximum Gasteiger partial charge on any atom is 0.230 e. The number of hydrogen-bond acceptors (Lipinski definition) is 2. The predicted molar refractivity (Wildman–Crippen MR) is 63.0 cm³/mol. The fourth-order valence-electron chi connectivity index (χ4n) is 1.41. The van der Waals surface area contributed by atoms with E-state index >= 15 is 0 Å². The summed E-state index contributed by atoms with van der Waals surface area (Å²) in [6.45, 7) is 0. The molecule has 1 aromatic carbocycles. The van der Waals surface area contributed by atoms with E-state index in [0.29, 0.717) is 11.4 Å². The van der Waals surface area contributed by atoms with E-state index in [1.54, 1.807) is 18.3 Å². The Labute approximate surface area is 98.3 Å². The highest BCUT2D eigenvalue weighted by molar-refractivity contribution is 5.91. The molecule has 2 rings (SSSR count). The molecule has 3 nitrogen and oxygen atoms in total. The predicted octanol–water partition coefficient (Wildman–Crippen LogP) is 2.40. The van der Waals surface area contributed by atoms with Crippen LogP contribution in [0.2, 0.25) is 0 Å². The standard InChI is InChI=1S/C13H11FN2O/c14-10-4-6-11(7-5-10)16-13(17)9-12-3-1-2-8-15-12/h1-8H,9H2,(H,16,17). The number of amides is 1. The zero-order valence-electron chi connectivity index (χ0n) is 9.06. The van der Waals surface area contributed by atoms with Gasteiger partial charge in [0.25, 0.3) is 0 Å². The number of hydrogen-bond donors (Lipinski definition) is 1. The van der Waals surface area contributed by atoms with Gasteiger partial charge in [-0.15, -0.1) is 0 Å². The Balaban J connectivity index is 1.96. The number of anilines is 1. The summed E-state index contributed by atoms with van der Waals surface area (Å²) < 4.78 is 12.6. The van der Waals surface area contributed by atoms with Gasteiger partial charge in [0.05, 0.1) is 6.42 Å². The van der Waals surface area contributed by atoms with Gasteiger partial charge in [-0.05, 0) is 36.4 Å². The molecule has 1 N–H and O–H groups in total. The molecule has 1 amide bonds. The number of benzene rings is 1. The Hall–Kier alpha value is -2.23. The van der Waals surface area contributed by atoms with E-state index in [9.17, 15) is 9.18 Å². The van der Waals surface area contributed by atoms with Crippen molar-refractivity contribution in [2.45, 2.75) is 6.42 Å². The van der Waals surface area contributed by atoms with E-state index in [1.807, 2.05) is 6.07 Å². The molecule has 17 heavy (non-hydrogen) atoms. The van der Waals surface area contributed by atoms with Crippen LogP contribution in [-0.4, -0.2) is 10.9 Å². The third kappa shape index (κ3) is 3.38. The number of rotatable bonds is 3. The molecule has 4 heteroatoms. The summed E-state index contributed by atoms with van der Waals surface area (Å²) in [5, 5.41) is 2.67. The molecule has 0 bridgehead atoms. The van der Waals surface area contributed by atoms with Crippen molar-refractivity contribution in [2.24, 2.45) is 0 Å². The fourth-order valence-corrected chi connectivity index (χ4v) is 1.41. The second-order valence-electron chi connectivity index (χ2n) is 3.55. The lowest BCUT2D eigenvalue weighted by molar-refractivity contribution is -0.115. The van der Waals surface area contributed by atoms with E-state index in [4.69, 9.17) is 0 Å². The SMILES string of the molecule is O=C(Cc1ccccn1)Nc1ccc(F)cc1. The summed E-state index contributed by atoms with van der Waals surface area (Å²) in [5.41, 5.74) is 1.28. The average Bonchev–Trinajstić information content (AvgIpc) is 2.33. The summed E-state index contributed by atoms with van der Waals surface area (Å²) in [7, 11) is 0. The van der Waals surface area contributed by atoms with E-state index in [2.05, 4.69) is 10.3 Å². The number of carbonyl (C=O) groups excluding carboxylic acids is 1. The van der Waals surface area contributed by atoms with Gasteiger partial charge in [-0.3, -0.25) is 9.78 Å². The zero-order chi connectivity index (χ0) is 12.1. The molecule has 0 spiro atoms. The topological polar surface area (TPSA) is 42.0 Å². The van der Waals surface area contributed by atoms with Crippen molar-refractivity contribution in [3.8, 4) is 0 Å². The third-order valence-corrected chi connectivity index (χ3v) is 2.20. The number of carbonyl (C=O) groups is 1. The number of nitrogens with zero attached hydrogens (tertiary/aromatic N) is 1. The second-order valence-corrected chi connectivity index (χ2v) is 3.55. The van der Waals surface area contributed by atoms with Crippen molar-refractivity contribution in [1.82, 2.24) is 4.98 Å². The Morgan fingerprint density at radius 3 is 2.59 bits per heavy atom. The molecular weight excluding hydrogens is 219 g/mol. The van der Waals surface area contributed by atoms with Crippen molar-refractivity contribution >= 4 is 11.6 Å². The van der Waals surface area contributed by atoms with Crippen LogP contribution in [0.3, 0.4) is 0 Å². The number of halogens is 1. The van der Waals surface area contributed by atoms with E-state index in [1.165, 1.54) is 24.3 Å². The first-order chi connectivity index (χ1) is 8.24. The van der Waals surface area contributed by atoms with E-state index in [-0.39, 0.29) is 18.1 Å². The fraction of sp³-hybridized carbons (Fsp3) is 0.0769. The maximum atomic E-state index is 12.6. The smallest absolute Gasteiger partial charge is 0.230 e. The molecule has 0 aliphatic rings. The van der Waals surface area contributed by atoms with Crippen molar-refractivity contribution in [2.75, 3.05) is 5.32 Å². The highest BCUT2D eigenvalue weighted by atomic mass is 19.1. The highest BCUT2D eigenvalue weighted by Gasteiger charge is 2.04. The van der Waals surface area contributed by atoms with E-state index < -0.39 is 0 Å². The maximum absolute atomic E-state index is 12.6. The average molecular weight is 230 g/mol. The van der Waals surface area contributed by atoms with Gasteiger partial charge in [0, 0.05) is 17.6 Å². The summed E-state index contributed by atoms with van der Waals surface area (Å²) in [4.78, 5) is 15.7. The van der Waals surface area contributed by atoms with Gasteiger partial charge in [0.1, 0.15) is 5.82 Å². The van der Waals surface area contributed by atoms with Crippen LogP contribution in [0.15, 0.2) is 48.7 Å². The first-order valence-corrected chi connectivity index (χ1v) is 5.19. The molecular formula is C13H11FN2O. The second kappa shape index (κ2) is 5.21. The molecule has 86 valence electrons. The van der Waals surface area contributed by atoms with Gasteiger partial charge in [-0.1, -0.05) is 6.07 Å². The minimum atomic E-state index is -0.326. The highest BCUT2D eigenvalue weighted by Crippen LogP contribution is 2.08. The van der Waals surface area contributed by atoms with Gasteiger partial charge < -0.3 is 5.32 Å².